The van der Waals surface area contributed by atoms with E-state index in [0.29, 0.717) is 24.3 Å². The first-order valence-electron chi connectivity index (χ1n) is 7.94. The molecule has 0 aliphatic carbocycles. The first-order valence-corrected chi connectivity index (χ1v) is 7.94. The van der Waals surface area contributed by atoms with Crippen molar-refractivity contribution in [1.29, 1.82) is 0 Å². The summed E-state index contributed by atoms with van der Waals surface area (Å²) in [6.07, 6.45) is 4.93. The number of rotatable bonds is 3. The lowest BCUT2D eigenvalue weighted by molar-refractivity contribution is -0.135. The van der Waals surface area contributed by atoms with Crippen molar-refractivity contribution in [3.05, 3.63) is 30.2 Å². The molecule has 0 spiro atoms. The lowest BCUT2D eigenvalue weighted by Gasteiger charge is -2.33. The van der Waals surface area contributed by atoms with Crippen LogP contribution in [0.4, 0.5) is 0 Å². The molecule has 0 unspecified atom stereocenters. The van der Waals surface area contributed by atoms with Gasteiger partial charge in [-0.1, -0.05) is 13.8 Å². The van der Waals surface area contributed by atoms with Crippen molar-refractivity contribution in [2.45, 2.75) is 32.7 Å². The largest absolute Gasteiger partial charge is 0.349 e. The summed E-state index contributed by atoms with van der Waals surface area (Å²) in [7, 11) is 0. The fourth-order valence-corrected chi connectivity index (χ4v) is 2.90. The molecule has 0 radical (unpaired) electrons. The second-order valence-corrected chi connectivity index (χ2v) is 6.21. The van der Waals surface area contributed by atoms with Crippen LogP contribution >= 0.6 is 0 Å². The number of carbonyl (C=O) groups excluding carboxylic acids is 2. The lowest BCUT2D eigenvalue weighted by atomic mass is 10.0. The van der Waals surface area contributed by atoms with Gasteiger partial charge in [-0.15, -0.1) is 10.2 Å². The van der Waals surface area contributed by atoms with Crippen molar-refractivity contribution in [3.63, 3.8) is 0 Å². The summed E-state index contributed by atoms with van der Waals surface area (Å²) in [5, 5.41) is 10.9. The van der Waals surface area contributed by atoms with Crippen LogP contribution in [0, 0.1) is 5.92 Å². The van der Waals surface area contributed by atoms with Crippen LogP contribution in [0.15, 0.2) is 24.7 Å². The smallest absolute Gasteiger partial charge is 0.255 e. The van der Waals surface area contributed by atoms with Gasteiger partial charge in [-0.2, -0.15) is 0 Å². The van der Waals surface area contributed by atoms with E-state index in [0.717, 1.165) is 12.8 Å². The van der Waals surface area contributed by atoms with Gasteiger partial charge in [0.2, 0.25) is 5.91 Å². The standard InChI is InChI=1S/C16H21N5O2/c1-11(2)16(23)20-8-5-12(6-9-20)18-15(22)13-4-3-7-21-10-17-19-14(13)21/h3-4,7,10-12H,5-6,8-9H2,1-2H3,(H,18,22). The maximum atomic E-state index is 12.5. The van der Waals surface area contributed by atoms with E-state index in [9.17, 15) is 9.59 Å². The summed E-state index contributed by atoms with van der Waals surface area (Å²) in [5.74, 6) is 0.0620. The van der Waals surface area contributed by atoms with Crippen molar-refractivity contribution in [2.75, 3.05) is 13.1 Å². The van der Waals surface area contributed by atoms with Crippen molar-refractivity contribution in [1.82, 2.24) is 24.8 Å². The number of nitrogens with zero attached hydrogens (tertiary/aromatic N) is 4. The molecule has 23 heavy (non-hydrogen) atoms. The van der Waals surface area contributed by atoms with Gasteiger partial charge >= 0.3 is 0 Å². The molecule has 1 aliphatic rings. The van der Waals surface area contributed by atoms with Crippen LogP contribution < -0.4 is 5.32 Å². The van der Waals surface area contributed by atoms with E-state index in [1.165, 1.54) is 0 Å². The Hall–Kier alpha value is -2.44. The molecular weight excluding hydrogens is 294 g/mol. The fraction of sp³-hybridized carbons (Fsp3) is 0.500. The Morgan fingerprint density at radius 2 is 2.04 bits per heavy atom. The summed E-state index contributed by atoms with van der Waals surface area (Å²) in [4.78, 5) is 26.3. The topological polar surface area (TPSA) is 79.6 Å². The van der Waals surface area contributed by atoms with Gasteiger partial charge in [-0.3, -0.25) is 14.0 Å². The number of carbonyl (C=O) groups is 2. The number of fused-ring (bicyclic) bond motifs is 1. The molecule has 0 atom stereocenters. The maximum absolute atomic E-state index is 12.5. The molecule has 1 saturated heterocycles. The van der Waals surface area contributed by atoms with E-state index in [-0.39, 0.29) is 23.8 Å². The Morgan fingerprint density at radius 3 is 2.74 bits per heavy atom. The molecule has 1 fully saturated rings. The summed E-state index contributed by atoms with van der Waals surface area (Å²) in [6, 6.07) is 3.63. The summed E-state index contributed by atoms with van der Waals surface area (Å²) in [6.45, 7) is 5.21. The van der Waals surface area contributed by atoms with Gasteiger partial charge < -0.3 is 10.2 Å². The van der Waals surface area contributed by atoms with Crippen LogP contribution in [0.3, 0.4) is 0 Å². The molecule has 1 N–H and O–H groups in total. The Morgan fingerprint density at radius 1 is 1.30 bits per heavy atom. The second-order valence-electron chi connectivity index (χ2n) is 6.21. The number of pyridine rings is 1. The number of hydrogen-bond acceptors (Lipinski definition) is 4. The number of likely N-dealkylation sites (tertiary alicyclic amines) is 1. The van der Waals surface area contributed by atoms with Crippen molar-refractivity contribution in [2.24, 2.45) is 5.92 Å². The average Bonchev–Trinajstić information content (AvgIpc) is 3.03. The minimum Gasteiger partial charge on any atom is -0.349 e. The van der Waals surface area contributed by atoms with Crippen LogP contribution in [0.2, 0.25) is 0 Å². The number of amides is 2. The summed E-state index contributed by atoms with van der Waals surface area (Å²) >= 11 is 0. The van der Waals surface area contributed by atoms with Gasteiger partial charge in [0.15, 0.2) is 5.65 Å². The van der Waals surface area contributed by atoms with Gasteiger partial charge in [-0.05, 0) is 25.0 Å². The third-order valence-corrected chi connectivity index (χ3v) is 4.20. The van der Waals surface area contributed by atoms with Crippen LogP contribution in [-0.4, -0.2) is 50.4 Å². The molecule has 1 aliphatic heterocycles. The third kappa shape index (κ3) is 3.18. The predicted octanol–water partition coefficient (Wildman–Crippen LogP) is 1.11. The van der Waals surface area contributed by atoms with Gasteiger partial charge in [0.05, 0.1) is 5.56 Å². The highest BCUT2D eigenvalue weighted by molar-refractivity contribution is 5.99. The molecule has 3 heterocycles. The van der Waals surface area contributed by atoms with Crippen molar-refractivity contribution >= 4 is 17.5 Å². The van der Waals surface area contributed by atoms with Crippen molar-refractivity contribution < 1.29 is 9.59 Å². The zero-order valence-electron chi connectivity index (χ0n) is 13.4. The van der Waals surface area contributed by atoms with Crippen LogP contribution in [-0.2, 0) is 4.79 Å². The number of aromatic nitrogens is 3. The van der Waals surface area contributed by atoms with E-state index in [1.807, 2.05) is 24.9 Å². The second kappa shape index (κ2) is 6.36. The quantitative estimate of drug-likeness (QED) is 0.920. The lowest BCUT2D eigenvalue weighted by Crippen LogP contribution is -2.47. The Labute approximate surface area is 134 Å². The summed E-state index contributed by atoms with van der Waals surface area (Å²) < 4.78 is 1.72. The molecule has 2 amide bonds. The highest BCUT2D eigenvalue weighted by atomic mass is 16.2. The molecule has 122 valence electrons. The number of nitrogens with one attached hydrogen (secondary N) is 1. The first-order chi connectivity index (χ1) is 11.1. The molecule has 0 bridgehead atoms. The predicted molar refractivity (Wildman–Crippen MR) is 84.9 cm³/mol. The first kappa shape index (κ1) is 15.5. The van der Waals surface area contributed by atoms with Crippen LogP contribution in [0.1, 0.15) is 37.0 Å². The molecular formula is C16H21N5O2. The normalized spacial score (nSPS) is 16.0. The molecule has 7 nitrogen and oxygen atoms in total. The van der Waals surface area contributed by atoms with E-state index in [2.05, 4.69) is 15.5 Å². The fourth-order valence-electron chi connectivity index (χ4n) is 2.90. The third-order valence-electron chi connectivity index (χ3n) is 4.20. The van der Waals surface area contributed by atoms with E-state index >= 15 is 0 Å². The molecule has 0 aromatic carbocycles. The van der Waals surface area contributed by atoms with Gasteiger partial charge in [0, 0.05) is 31.2 Å². The van der Waals surface area contributed by atoms with Crippen molar-refractivity contribution in [3.8, 4) is 0 Å². The summed E-state index contributed by atoms with van der Waals surface area (Å²) in [5.41, 5.74) is 1.07. The SMILES string of the molecule is CC(C)C(=O)N1CCC(NC(=O)c2cccn3cnnc23)CC1. The molecule has 2 aromatic heterocycles. The minimum absolute atomic E-state index is 0.0201. The molecule has 3 rings (SSSR count). The number of hydrogen-bond donors (Lipinski definition) is 1. The minimum atomic E-state index is -0.141. The molecule has 7 heteroatoms. The zero-order chi connectivity index (χ0) is 16.4. The maximum Gasteiger partial charge on any atom is 0.255 e. The zero-order valence-corrected chi connectivity index (χ0v) is 13.4. The van der Waals surface area contributed by atoms with Crippen LogP contribution in [0.5, 0.6) is 0 Å². The Balaban J connectivity index is 1.62. The van der Waals surface area contributed by atoms with Gasteiger partial charge in [0.25, 0.3) is 5.91 Å². The Kier molecular flexibility index (Phi) is 4.27. The highest BCUT2D eigenvalue weighted by Crippen LogP contribution is 2.15. The molecule has 2 aromatic rings. The van der Waals surface area contributed by atoms with E-state index in [4.69, 9.17) is 0 Å². The van der Waals surface area contributed by atoms with Crippen LogP contribution in [0.25, 0.3) is 5.65 Å². The van der Waals surface area contributed by atoms with Gasteiger partial charge in [0.1, 0.15) is 6.33 Å². The van der Waals surface area contributed by atoms with E-state index in [1.54, 1.807) is 22.9 Å². The number of piperidine rings is 1. The van der Waals surface area contributed by atoms with E-state index < -0.39 is 0 Å². The van der Waals surface area contributed by atoms with Gasteiger partial charge in [-0.25, -0.2) is 0 Å². The molecule has 0 saturated carbocycles. The average molecular weight is 315 g/mol. The highest BCUT2D eigenvalue weighted by Gasteiger charge is 2.25. The monoisotopic (exact) mass is 315 g/mol. The Bertz CT molecular complexity index is 716.